The van der Waals surface area contributed by atoms with Gasteiger partial charge in [0.2, 0.25) is 0 Å². The smallest absolute Gasteiger partial charge is 0.163 e. The van der Waals surface area contributed by atoms with Gasteiger partial charge in [0.05, 0.1) is 16.8 Å². The highest BCUT2D eigenvalue weighted by atomic mass is 16.3. The molecule has 0 saturated carbocycles. The third kappa shape index (κ3) is 5.63. The Balaban J connectivity index is 1.47. The second kappa shape index (κ2) is 9.51. The zero-order valence-corrected chi connectivity index (χ0v) is 19.4. The molecule has 3 aromatic carbocycles. The minimum atomic E-state index is -0.931. The summed E-state index contributed by atoms with van der Waals surface area (Å²) >= 11 is 0. The molecule has 0 saturated heterocycles. The molecular weight excluding hydrogens is 406 g/mol. The second-order valence-electron chi connectivity index (χ2n) is 9.03. The fourth-order valence-electron chi connectivity index (χ4n) is 4.06. The van der Waals surface area contributed by atoms with E-state index in [-0.39, 0.29) is 5.78 Å². The van der Waals surface area contributed by atoms with E-state index >= 15 is 0 Å². The van der Waals surface area contributed by atoms with Gasteiger partial charge in [0.15, 0.2) is 5.78 Å². The van der Waals surface area contributed by atoms with E-state index in [0.717, 1.165) is 33.3 Å². The third-order valence-electron chi connectivity index (χ3n) is 5.82. The van der Waals surface area contributed by atoms with E-state index in [9.17, 15) is 9.90 Å². The first-order valence-corrected chi connectivity index (χ1v) is 11.3. The topological polar surface area (TPSA) is 50.2 Å². The zero-order valence-electron chi connectivity index (χ0n) is 19.4. The van der Waals surface area contributed by atoms with E-state index in [1.165, 1.54) is 5.56 Å². The van der Waals surface area contributed by atoms with Gasteiger partial charge in [-0.1, -0.05) is 66.7 Å². The Morgan fingerprint density at radius 2 is 1.73 bits per heavy atom. The van der Waals surface area contributed by atoms with Crippen LogP contribution < -0.4 is 0 Å². The lowest BCUT2D eigenvalue weighted by atomic mass is 9.90. The van der Waals surface area contributed by atoms with E-state index in [2.05, 4.69) is 31.2 Å². The van der Waals surface area contributed by atoms with Gasteiger partial charge >= 0.3 is 0 Å². The van der Waals surface area contributed by atoms with Gasteiger partial charge < -0.3 is 5.11 Å². The van der Waals surface area contributed by atoms with Gasteiger partial charge in [0.1, 0.15) is 0 Å². The minimum absolute atomic E-state index is 0.0927. The normalized spacial score (nSPS) is 11.9. The zero-order chi connectivity index (χ0) is 23.4. The van der Waals surface area contributed by atoms with E-state index in [4.69, 9.17) is 4.98 Å². The van der Waals surface area contributed by atoms with Crippen molar-refractivity contribution in [3.05, 3.63) is 112 Å². The number of carbonyl (C=O) groups excluding carboxylic acids is 1. The Kier molecular flexibility index (Phi) is 6.52. The number of hydrogen-bond acceptors (Lipinski definition) is 3. The number of Topliss-reactive ketones (excluding diaryl/α,β-unsaturated/α-hetero) is 1. The van der Waals surface area contributed by atoms with Crippen LogP contribution in [-0.2, 0) is 12.0 Å². The Morgan fingerprint density at radius 1 is 0.939 bits per heavy atom. The Labute approximate surface area is 195 Å². The van der Waals surface area contributed by atoms with Crippen LogP contribution in [0.15, 0.2) is 78.9 Å². The quantitative estimate of drug-likeness (QED) is 0.326. The van der Waals surface area contributed by atoms with Gasteiger partial charge in [-0.15, -0.1) is 0 Å². The fraction of sp³-hybridized carbons (Fsp3) is 0.200. The summed E-state index contributed by atoms with van der Waals surface area (Å²) in [5, 5.41) is 11.5. The molecule has 1 heterocycles. The number of nitrogens with zero attached hydrogens (tertiary/aromatic N) is 1. The van der Waals surface area contributed by atoms with Crippen LogP contribution in [0, 0.1) is 6.92 Å². The van der Waals surface area contributed by atoms with Crippen molar-refractivity contribution in [2.75, 3.05) is 0 Å². The Morgan fingerprint density at radius 3 is 2.55 bits per heavy atom. The molecule has 0 bridgehead atoms. The monoisotopic (exact) mass is 435 g/mol. The molecule has 0 aliphatic heterocycles. The van der Waals surface area contributed by atoms with E-state index in [0.29, 0.717) is 18.4 Å². The van der Waals surface area contributed by atoms with Crippen LogP contribution in [0.2, 0.25) is 0 Å². The fourth-order valence-corrected chi connectivity index (χ4v) is 4.06. The number of hydrogen-bond donors (Lipinski definition) is 1. The Bertz CT molecular complexity index is 1330. The van der Waals surface area contributed by atoms with Crippen molar-refractivity contribution in [1.29, 1.82) is 0 Å². The second-order valence-corrected chi connectivity index (χ2v) is 9.03. The van der Waals surface area contributed by atoms with Crippen molar-refractivity contribution in [3.8, 4) is 0 Å². The van der Waals surface area contributed by atoms with Crippen molar-refractivity contribution in [1.82, 2.24) is 4.98 Å². The molecule has 0 aliphatic carbocycles. The van der Waals surface area contributed by atoms with Crippen molar-refractivity contribution in [3.63, 3.8) is 0 Å². The van der Waals surface area contributed by atoms with Crippen LogP contribution in [0.4, 0.5) is 0 Å². The molecule has 33 heavy (non-hydrogen) atoms. The number of benzene rings is 3. The highest BCUT2D eigenvalue weighted by molar-refractivity contribution is 5.97. The molecule has 0 unspecified atom stereocenters. The Hall–Kier alpha value is -3.56. The largest absolute Gasteiger partial charge is 0.386 e. The molecule has 0 atom stereocenters. The molecule has 3 heteroatoms. The standard InChI is InChI=1S/C30H29NO2/c1-21-11-13-24-14-17-26(31-28(24)19-21)16-12-22-7-6-9-25(20-22)29(32)18-15-23-8-4-5-10-27(23)30(2,3)33/h4-14,16-17,19-20,33H,15,18H2,1-3H3. The molecule has 0 fully saturated rings. The lowest BCUT2D eigenvalue weighted by Crippen LogP contribution is -2.18. The predicted octanol–water partition coefficient (Wildman–Crippen LogP) is 6.76. The average Bonchev–Trinajstić information content (AvgIpc) is 2.80. The summed E-state index contributed by atoms with van der Waals surface area (Å²) in [5.74, 6) is 0.0927. The first kappa shape index (κ1) is 22.6. The van der Waals surface area contributed by atoms with E-state index in [1.807, 2.05) is 66.7 Å². The summed E-state index contributed by atoms with van der Waals surface area (Å²) in [6, 6.07) is 25.8. The molecule has 4 rings (SSSR count). The van der Waals surface area contributed by atoms with Crippen LogP contribution in [-0.4, -0.2) is 15.9 Å². The average molecular weight is 436 g/mol. The molecule has 1 N–H and O–H groups in total. The van der Waals surface area contributed by atoms with Gasteiger partial charge in [0.25, 0.3) is 0 Å². The van der Waals surface area contributed by atoms with E-state index in [1.54, 1.807) is 13.8 Å². The van der Waals surface area contributed by atoms with Crippen molar-refractivity contribution in [2.45, 2.75) is 39.2 Å². The van der Waals surface area contributed by atoms with Crippen molar-refractivity contribution >= 4 is 28.8 Å². The number of aliphatic hydroxyl groups is 1. The molecule has 0 radical (unpaired) electrons. The first-order valence-electron chi connectivity index (χ1n) is 11.3. The number of pyridine rings is 1. The highest BCUT2D eigenvalue weighted by Crippen LogP contribution is 2.25. The summed E-state index contributed by atoms with van der Waals surface area (Å²) in [6.45, 7) is 5.61. The SMILES string of the molecule is Cc1ccc2ccc(C=Cc3cccc(C(=O)CCc4ccccc4C(C)(C)O)c3)nc2c1. The molecule has 0 aliphatic rings. The van der Waals surface area contributed by atoms with Gasteiger partial charge in [-0.25, -0.2) is 4.98 Å². The number of fused-ring (bicyclic) bond motifs is 1. The molecule has 166 valence electrons. The summed E-state index contributed by atoms with van der Waals surface area (Å²) < 4.78 is 0. The molecule has 4 aromatic rings. The maximum Gasteiger partial charge on any atom is 0.163 e. The number of carbonyl (C=O) groups is 1. The number of ketones is 1. The van der Waals surface area contributed by atoms with Crippen molar-refractivity contribution in [2.24, 2.45) is 0 Å². The van der Waals surface area contributed by atoms with Crippen molar-refractivity contribution < 1.29 is 9.90 Å². The molecule has 1 aromatic heterocycles. The minimum Gasteiger partial charge on any atom is -0.386 e. The van der Waals surface area contributed by atoms with Gasteiger partial charge in [0, 0.05) is 17.4 Å². The summed E-state index contributed by atoms with van der Waals surface area (Å²) in [4.78, 5) is 17.6. The van der Waals surface area contributed by atoms with Crippen LogP contribution in [0.1, 0.15) is 58.6 Å². The maximum absolute atomic E-state index is 12.9. The molecular formula is C30H29NO2. The van der Waals surface area contributed by atoms with Gasteiger partial charge in [-0.2, -0.15) is 0 Å². The van der Waals surface area contributed by atoms with Crippen LogP contribution in [0.25, 0.3) is 23.1 Å². The van der Waals surface area contributed by atoms with Crippen LogP contribution in [0.3, 0.4) is 0 Å². The summed E-state index contributed by atoms with van der Waals surface area (Å²) in [6.07, 6.45) is 4.96. The third-order valence-corrected chi connectivity index (χ3v) is 5.82. The summed E-state index contributed by atoms with van der Waals surface area (Å²) in [5.41, 5.74) is 5.65. The molecule has 0 spiro atoms. The summed E-state index contributed by atoms with van der Waals surface area (Å²) in [7, 11) is 0. The number of aryl methyl sites for hydroxylation is 2. The van der Waals surface area contributed by atoms with Gasteiger partial charge in [-0.3, -0.25) is 4.79 Å². The lowest BCUT2D eigenvalue weighted by molar-refractivity contribution is 0.0773. The highest BCUT2D eigenvalue weighted by Gasteiger charge is 2.19. The molecule has 0 amide bonds. The molecule has 3 nitrogen and oxygen atoms in total. The maximum atomic E-state index is 12.9. The van der Waals surface area contributed by atoms with E-state index < -0.39 is 5.60 Å². The number of aromatic nitrogens is 1. The van der Waals surface area contributed by atoms with Crippen LogP contribution in [0.5, 0.6) is 0 Å². The lowest BCUT2D eigenvalue weighted by Gasteiger charge is -2.21. The van der Waals surface area contributed by atoms with Crippen LogP contribution >= 0.6 is 0 Å². The van der Waals surface area contributed by atoms with Gasteiger partial charge in [-0.05, 0) is 73.7 Å². The number of rotatable bonds is 7. The first-order chi connectivity index (χ1) is 15.8. The predicted molar refractivity (Wildman–Crippen MR) is 136 cm³/mol.